The Labute approximate surface area is 125 Å². The molecule has 4 heteroatoms. The maximum Gasteiger partial charge on any atom is 0.0643 e. The Morgan fingerprint density at radius 1 is 1.25 bits per heavy atom. The fraction of sp³-hybridized carbons (Fsp3) is 0.312. The van der Waals surface area contributed by atoms with Gasteiger partial charge in [-0.25, -0.2) is 0 Å². The Bertz CT molecular complexity index is 555. The van der Waals surface area contributed by atoms with Crippen LogP contribution in [0, 0.1) is 0 Å². The van der Waals surface area contributed by atoms with E-state index in [9.17, 15) is 0 Å². The number of anilines is 1. The minimum absolute atomic E-state index is 0.00294. The van der Waals surface area contributed by atoms with Crippen molar-refractivity contribution in [1.29, 1.82) is 0 Å². The molecule has 1 aromatic carbocycles. The summed E-state index contributed by atoms with van der Waals surface area (Å²) in [6.45, 7) is 5.78. The van der Waals surface area contributed by atoms with E-state index in [-0.39, 0.29) is 6.04 Å². The molecule has 0 spiro atoms. The van der Waals surface area contributed by atoms with Crippen LogP contribution in [0.15, 0.2) is 42.7 Å². The van der Waals surface area contributed by atoms with Gasteiger partial charge < -0.3 is 10.6 Å². The van der Waals surface area contributed by atoms with E-state index < -0.39 is 0 Å². The summed E-state index contributed by atoms with van der Waals surface area (Å²) < 4.78 is 0. The summed E-state index contributed by atoms with van der Waals surface area (Å²) in [5, 5.41) is 0.746. The molecule has 1 heterocycles. The molecule has 0 bridgehead atoms. The summed E-state index contributed by atoms with van der Waals surface area (Å²) >= 11 is 6.40. The molecule has 0 radical (unpaired) electrons. The van der Waals surface area contributed by atoms with Crippen LogP contribution in [0.2, 0.25) is 5.02 Å². The molecular formula is C16H20ClN3. The molecule has 0 saturated carbocycles. The fourth-order valence-electron chi connectivity index (χ4n) is 2.14. The second-order valence-corrected chi connectivity index (χ2v) is 5.28. The van der Waals surface area contributed by atoms with Crippen molar-refractivity contribution in [1.82, 2.24) is 4.98 Å². The number of benzene rings is 1. The largest absolute Gasteiger partial charge is 0.366 e. The third kappa shape index (κ3) is 3.50. The maximum absolute atomic E-state index is 6.40. The van der Waals surface area contributed by atoms with Crippen molar-refractivity contribution in [2.45, 2.75) is 26.4 Å². The second kappa shape index (κ2) is 6.73. The van der Waals surface area contributed by atoms with Crippen molar-refractivity contribution >= 4 is 17.3 Å². The highest BCUT2D eigenvalue weighted by Gasteiger charge is 2.11. The first-order valence-electron chi connectivity index (χ1n) is 6.80. The molecule has 1 atom stereocenters. The third-order valence-electron chi connectivity index (χ3n) is 3.34. The predicted octanol–water partition coefficient (Wildman–Crippen LogP) is 3.78. The van der Waals surface area contributed by atoms with Crippen LogP contribution in [-0.4, -0.2) is 11.5 Å². The predicted molar refractivity (Wildman–Crippen MR) is 85.0 cm³/mol. The summed E-state index contributed by atoms with van der Waals surface area (Å²) in [4.78, 5) is 6.28. The zero-order valence-corrected chi connectivity index (χ0v) is 12.6. The van der Waals surface area contributed by atoms with E-state index in [1.54, 1.807) is 0 Å². The van der Waals surface area contributed by atoms with E-state index in [2.05, 4.69) is 16.8 Å². The first-order chi connectivity index (χ1) is 9.61. The summed E-state index contributed by atoms with van der Waals surface area (Å²) in [5.74, 6) is 0. The molecule has 2 aromatic rings. The molecular weight excluding hydrogens is 270 g/mol. The molecule has 0 fully saturated rings. The van der Waals surface area contributed by atoms with Crippen molar-refractivity contribution < 1.29 is 0 Å². The van der Waals surface area contributed by atoms with Crippen LogP contribution in [0.3, 0.4) is 0 Å². The fourth-order valence-corrected chi connectivity index (χ4v) is 2.45. The second-order valence-electron chi connectivity index (χ2n) is 4.87. The third-order valence-corrected chi connectivity index (χ3v) is 3.65. The van der Waals surface area contributed by atoms with E-state index in [0.29, 0.717) is 0 Å². The van der Waals surface area contributed by atoms with E-state index in [0.717, 1.165) is 29.4 Å². The molecule has 20 heavy (non-hydrogen) atoms. The zero-order chi connectivity index (χ0) is 14.5. The van der Waals surface area contributed by atoms with Crippen LogP contribution in [-0.2, 0) is 6.54 Å². The van der Waals surface area contributed by atoms with Gasteiger partial charge in [-0.3, -0.25) is 4.98 Å². The standard InChI is InChI=1S/C16H20ClN3/c1-3-20(11-13-6-8-19-9-7-13)16-5-4-14(12(2)18)10-15(16)17/h4-10,12H,3,11,18H2,1-2H3/t12-/m1/s1. The van der Waals surface area contributed by atoms with Crippen molar-refractivity contribution in [3.63, 3.8) is 0 Å². The topological polar surface area (TPSA) is 42.2 Å². The van der Waals surface area contributed by atoms with Gasteiger partial charge in [0.1, 0.15) is 0 Å². The molecule has 0 unspecified atom stereocenters. The van der Waals surface area contributed by atoms with Gasteiger partial charge in [0.25, 0.3) is 0 Å². The van der Waals surface area contributed by atoms with Gasteiger partial charge in [-0.1, -0.05) is 17.7 Å². The number of nitrogens with zero attached hydrogens (tertiary/aromatic N) is 2. The van der Waals surface area contributed by atoms with Crippen molar-refractivity contribution in [3.8, 4) is 0 Å². The maximum atomic E-state index is 6.40. The highest BCUT2D eigenvalue weighted by Crippen LogP contribution is 2.29. The molecule has 3 nitrogen and oxygen atoms in total. The number of hydrogen-bond donors (Lipinski definition) is 1. The molecule has 0 amide bonds. The summed E-state index contributed by atoms with van der Waals surface area (Å²) in [5.41, 5.74) is 9.19. The number of hydrogen-bond acceptors (Lipinski definition) is 3. The van der Waals surface area contributed by atoms with Crippen LogP contribution in [0.25, 0.3) is 0 Å². The van der Waals surface area contributed by atoms with Crippen molar-refractivity contribution in [2.24, 2.45) is 5.73 Å². The van der Waals surface area contributed by atoms with Gasteiger partial charge >= 0.3 is 0 Å². The molecule has 0 aliphatic heterocycles. The summed E-state index contributed by atoms with van der Waals surface area (Å²) in [6.07, 6.45) is 3.62. The van der Waals surface area contributed by atoms with Crippen LogP contribution in [0.4, 0.5) is 5.69 Å². The summed E-state index contributed by atoms with van der Waals surface area (Å²) in [6, 6.07) is 10.1. The monoisotopic (exact) mass is 289 g/mol. The van der Waals surface area contributed by atoms with E-state index in [1.807, 2.05) is 49.6 Å². The lowest BCUT2D eigenvalue weighted by molar-refractivity contribution is 0.810. The van der Waals surface area contributed by atoms with Gasteiger partial charge in [0.05, 0.1) is 10.7 Å². The zero-order valence-electron chi connectivity index (χ0n) is 11.9. The first-order valence-corrected chi connectivity index (χ1v) is 7.18. The molecule has 1 aromatic heterocycles. The van der Waals surface area contributed by atoms with E-state index in [4.69, 9.17) is 17.3 Å². The average molecular weight is 290 g/mol. The molecule has 0 aliphatic carbocycles. The molecule has 2 rings (SSSR count). The van der Waals surface area contributed by atoms with Crippen LogP contribution in [0.5, 0.6) is 0 Å². The van der Waals surface area contributed by atoms with Gasteiger partial charge in [0.15, 0.2) is 0 Å². The molecule has 0 aliphatic rings. The van der Waals surface area contributed by atoms with E-state index in [1.165, 1.54) is 5.56 Å². The van der Waals surface area contributed by atoms with Crippen LogP contribution in [0.1, 0.15) is 31.0 Å². The number of pyridine rings is 1. The smallest absolute Gasteiger partial charge is 0.0643 e. The SMILES string of the molecule is CCN(Cc1ccncc1)c1ccc([C@@H](C)N)cc1Cl. The highest BCUT2D eigenvalue weighted by atomic mass is 35.5. The number of nitrogens with two attached hydrogens (primary N) is 1. The van der Waals surface area contributed by atoms with Gasteiger partial charge in [-0.2, -0.15) is 0 Å². The van der Waals surface area contributed by atoms with Gasteiger partial charge in [-0.15, -0.1) is 0 Å². The van der Waals surface area contributed by atoms with Gasteiger partial charge in [0.2, 0.25) is 0 Å². The Hall–Kier alpha value is -1.58. The van der Waals surface area contributed by atoms with Gasteiger partial charge in [0, 0.05) is 31.5 Å². The van der Waals surface area contributed by atoms with Gasteiger partial charge in [-0.05, 0) is 49.2 Å². The first kappa shape index (κ1) is 14.8. The lowest BCUT2D eigenvalue weighted by Gasteiger charge is -2.25. The van der Waals surface area contributed by atoms with Crippen molar-refractivity contribution in [2.75, 3.05) is 11.4 Å². The lowest BCUT2D eigenvalue weighted by atomic mass is 10.1. The minimum Gasteiger partial charge on any atom is -0.366 e. The minimum atomic E-state index is -0.00294. The Balaban J connectivity index is 2.23. The lowest BCUT2D eigenvalue weighted by Crippen LogP contribution is -2.22. The molecule has 2 N–H and O–H groups in total. The quantitative estimate of drug-likeness (QED) is 0.911. The Morgan fingerprint density at radius 2 is 1.95 bits per heavy atom. The Morgan fingerprint density at radius 3 is 2.50 bits per heavy atom. The molecule has 106 valence electrons. The van der Waals surface area contributed by atoms with Crippen LogP contribution < -0.4 is 10.6 Å². The van der Waals surface area contributed by atoms with Crippen molar-refractivity contribution in [3.05, 3.63) is 58.9 Å². The highest BCUT2D eigenvalue weighted by molar-refractivity contribution is 6.33. The van der Waals surface area contributed by atoms with Crippen LogP contribution >= 0.6 is 11.6 Å². The van der Waals surface area contributed by atoms with E-state index >= 15 is 0 Å². The number of rotatable bonds is 5. The number of aromatic nitrogens is 1. The Kier molecular flexibility index (Phi) is 4.99. The average Bonchev–Trinajstić information content (AvgIpc) is 2.46. The molecule has 0 saturated heterocycles. The summed E-state index contributed by atoms with van der Waals surface area (Å²) in [7, 11) is 0. The number of halogens is 1. The normalized spacial score (nSPS) is 12.2.